The third-order valence-electron chi connectivity index (χ3n) is 4.80. The molecule has 1 amide bonds. The number of rotatable bonds is 6. The number of likely N-dealkylation sites (tertiary alicyclic amines) is 1. The van der Waals surface area contributed by atoms with E-state index < -0.39 is 47.9 Å². The van der Waals surface area contributed by atoms with Crippen LogP contribution in [-0.2, 0) is 20.7 Å². The molecule has 1 aromatic carbocycles. The summed E-state index contributed by atoms with van der Waals surface area (Å²) in [6.07, 6.45) is -5.92. The first kappa shape index (κ1) is 22.1. The maximum atomic E-state index is 14.1. The number of carbonyl (C=O) groups excluding carboxylic acids is 2. The molecule has 0 saturated carbocycles. The van der Waals surface area contributed by atoms with Crippen molar-refractivity contribution in [2.75, 3.05) is 19.7 Å². The SMILES string of the molecule is CCOC(=O)[C@@]1(Cc2ccc(F)cc2F)CCCN(C(=O)CCC(F)(F)F)C1. The van der Waals surface area contributed by atoms with Gasteiger partial charge in [-0.05, 0) is 37.8 Å². The summed E-state index contributed by atoms with van der Waals surface area (Å²) in [4.78, 5) is 26.1. The Morgan fingerprint density at radius 1 is 1.25 bits per heavy atom. The summed E-state index contributed by atoms with van der Waals surface area (Å²) in [6.45, 7) is 1.71. The Kier molecular flexibility index (Phi) is 7.01. The Labute approximate surface area is 159 Å². The van der Waals surface area contributed by atoms with Crippen LogP contribution in [0.2, 0.25) is 0 Å². The van der Waals surface area contributed by atoms with E-state index in [2.05, 4.69) is 0 Å². The Hall–Kier alpha value is -2.19. The lowest BCUT2D eigenvalue weighted by Gasteiger charge is -2.41. The molecule has 0 aliphatic carbocycles. The summed E-state index contributed by atoms with van der Waals surface area (Å²) in [5.74, 6) is -2.96. The van der Waals surface area contributed by atoms with Gasteiger partial charge in [-0.1, -0.05) is 6.07 Å². The van der Waals surface area contributed by atoms with Crippen LogP contribution in [0.4, 0.5) is 22.0 Å². The van der Waals surface area contributed by atoms with Crippen LogP contribution < -0.4 is 0 Å². The molecule has 1 aromatic rings. The summed E-state index contributed by atoms with van der Waals surface area (Å²) in [5, 5.41) is 0. The lowest BCUT2D eigenvalue weighted by atomic mass is 9.74. The minimum Gasteiger partial charge on any atom is -0.466 e. The van der Waals surface area contributed by atoms with E-state index in [0.717, 1.165) is 6.07 Å². The van der Waals surface area contributed by atoms with E-state index in [1.54, 1.807) is 6.92 Å². The van der Waals surface area contributed by atoms with E-state index in [1.165, 1.54) is 11.0 Å². The first-order valence-corrected chi connectivity index (χ1v) is 9.02. The average molecular weight is 407 g/mol. The highest BCUT2D eigenvalue weighted by molar-refractivity contribution is 5.81. The van der Waals surface area contributed by atoms with Gasteiger partial charge < -0.3 is 9.64 Å². The minimum atomic E-state index is -4.46. The van der Waals surface area contributed by atoms with Crippen LogP contribution >= 0.6 is 0 Å². The summed E-state index contributed by atoms with van der Waals surface area (Å²) in [5.41, 5.74) is -1.21. The van der Waals surface area contributed by atoms with Gasteiger partial charge in [0.2, 0.25) is 5.91 Å². The first-order valence-electron chi connectivity index (χ1n) is 9.02. The number of halogens is 5. The number of piperidine rings is 1. The zero-order valence-electron chi connectivity index (χ0n) is 15.5. The molecule has 0 N–H and O–H groups in total. The molecule has 0 bridgehead atoms. The van der Waals surface area contributed by atoms with Crippen LogP contribution in [0, 0.1) is 17.0 Å². The topological polar surface area (TPSA) is 46.6 Å². The van der Waals surface area contributed by atoms with Crippen molar-refractivity contribution in [3.8, 4) is 0 Å². The quantitative estimate of drug-likeness (QED) is 0.529. The van der Waals surface area contributed by atoms with Crippen LogP contribution in [0.15, 0.2) is 18.2 Å². The van der Waals surface area contributed by atoms with Gasteiger partial charge in [-0.25, -0.2) is 8.78 Å². The minimum absolute atomic E-state index is 0.0640. The van der Waals surface area contributed by atoms with Crippen LogP contribution in [-0.4, -0.2) is 42.6 Å². The number of alkyl halides is 3. The van der Waals surface area contributed by atoms with E-state index in [4.69, 9.17) is 4.74 Å². The predicted octanol–water partition coefficient (Wildman–Crippen LogP) is 4.02. The molecule has 0 spiro atoms. The van der Waals surface area contributed by atoms with Gasteiger partial charge in [-0.3, -0.25) is 9.59 Å². The second-order valence-electron chi connectivity index (χ2n) is 6.95. The van der Waals surface area contributed by atoms with E-state index in [1.807, 2.05) is 0 Å². The van der Waals surface area contributed by atoms with Crippen molar-refractivity contribution in [3.05, 3.63) is 35.4 Å². The van der Waals surface area contributed by atoms with Crippen LogP contribution in [0.1, 0.15) is 38.2 Å². The Bertz CT molecular complexity index is 722. The maximum Gasteiger partial charge on any atom is 0.389 e. The normalized spacial score (nSPS) is 20.1. The molecule has 1 saturated heterocycles. The molecule has 1 heterocycles. The van der Waals surface area contributed by atoms with Crippen molar-refractivity contribution < 1.29 is 36.3 Å². The number of carbonyl (C=O) groups is 2. The van der Waals surface area contributed by atoms with Gasteiger partial charge in [0.05, 0.1) is 18.4 Å². The van der Waals surface area contributed by atoms with Crippen molar-refractivity contribution in [2.45, 2.75) is 45.2 Å². The summed E-state index contributed by atoms with van der Waals surface area (Å²) in [7, 11) is 0. The third kappa shape index (κ3) is 5.65. The molecule has 0 aromatic heterocycles. The van der Waals surface area contributed by atoms with Gasteiger partial charge in [0.1, 0.15) is 11.6 Å². The fraction of sp³-hybridized carbons (Fsp3) is 0.579. The van der Waals surface area contributed by atoms with Gasteiger partial charge in [0.25, 0.3) is 0 Å². The van der Waals surface area contributed by atoms with Crippen LogP contribution in [0.3, 0.4) is 0 Å². The van der Waals surface area contributed by atoms with Gasteiger partial charge in [-0.15, -0.1) is 0 Å². The Morgan fingerprint density at radius 3 is 2.57 bits per heavy atom. The smallest absolute Gasteiger partial charge is 0.389 e. The molecule has 28 heavy (non-hydrogen) atoms. The van der Waals surface area contributed by atoms with E-state index in [0.29, 0.717) is 12.5 Å². The van der Waals surface area contributed by atoms with Gasteiger partial charge in [-0.2, -0.15) is 13.2 Å². The summed E-state index contributed by atoms with van der Waals surface area (Å²) < 4.78 is 69.7. The molecular formula is C19H22F5NO3. The van der Waals surface area contributed by atoms with Crippen LogP contribution in [0.25, 0.3) is 0 Å². The predicted molar refractivity (Wildman–Crippen MR) is 90.2 cm³/mol. The fourth-order valence-electron chi connectivity index (χ4n) is 3.45. The highest BCUT2D eigenvalue weighted by atomic mass is 19.4. The lowest BCUT2D eigenvalue weighted by Crippen LogP contribution is -2.51. The van der Waals surface area contributed by atoms with Crippen molar-refractivity contribution in [1.29, 1.82) is 0 Å². The third-order valence-corrected chi connectivity index (χ3v) is 4.80. The molecule has 1 aliphatic heterocycles. The molecule has 4 nitrogen and oxygen atoms in total. The van der Waals surface area contributed by atoms with Gasteiger partial charge in [0, 0.05) is 25.6 Å². The average Bonchev–Trinajstić information content (AvgIpc) is 2.62. The largest absolute Gasteiger partial charge is 0.466 e. The molecule has 0 unspecified atom stereocenters. The number of amides is 1. The first-order chi connectivity index (χ1) is 13.1. The molecule has 2 rings (SSSR count). The molecule has 0 radical (unpaired) electrons. The van der Waals surface area contributed by atoms with Gasteiger partial charge in [0.15, 0.2) is 0 Å². The van der Waals surface area contributed by atoms with Crippen molar-refractivity contribution >= 4 is 11.9 Å². The standard InChI is InChI=1S/C19H22F5NO3/c1-2-28-17(27)18(11-13-4-5-14(20)10-15(13)21)7-3-9-25(12-18)16(26)6-8-19(22,23)24/h4-5,10H,2-3,6-9,11-12H2,1H3/t18-/m1/s1. The summed E-state index contributed by atoms with van der Waals surface area (Å²) >= 11 is 0. The zero-order valence-corrected chi connectivity index (χ0v) is 15.5. The number of hydrogen-bond donors (Lipinski definition) is 0. The van der Waals surface area contributed by atoms with Crippen molar-refractivity contribution in [2.24, 2.45) is 5.41 Å². The molecular weight excluding hydrogens is 385 g/mol. The number of esters is 1. The highest BCUT2D eigenvalue weighted by Gasteiger charge is 2.45. The maximum absolute atomic E-state index is 14.1. The van der Waals surface area contributed by atoms with E-state index in [9.17, 15) is 31.5 Å². The van der Waals surface area contributed by atoms with Crippen molar-refractivity contribution in [1.82, 2.24) is 4.90 Å². The Morgan fingerprint density at radius 2 is 1.96 bits per heavy atom. The summed E-state index contributed by atoms with van der Waals surface area (Å²) in [6, 6.07) is 2.98. The molecule has 1 aliphatic rings. The second kappa shape index (κ2) is 8.87. The number of ether oxygens (including phenoxy) is 1. The monoisotopic (exact) mass is 407 g/mol. The highest BCUT2D eigenvalue weighted by Crippen LogP contribution is 2.36. The Balaban J connectivity index is 2.24. The lowest BCUT2D eigenvalue weighted by molar-refractivity contribution is -0.163. The fourth-order valence-corrected chi connectivity index (χ4v) is 3.45. The van der Waals surface area contributed by atoms with E-state index in [-0.39, 0.29) is 38.1 Å². The molecule has 9 heteroatoms. The van der Waals surface area contributed by atoms with Crippen molar-refractivity contribution in [3.63, 3.8) is 0 Å². The van der Waals surface area contributed by atoms with E-state index >= 15 is 0 Å². The molecule has 1 fully saturated rings. The molecule has 1 atom stereocenters. The molecule has 156 valence electrons. The number of benzene rings is 1. The second-order valence-corrected chi connectivity index (χ2v) is 6.95. The zero-order chi connectivity index (χ0) is 20.9. The van der Waals surface area contributed by atoms with Crippen LogP contribution in [0.5, 0.6) is 0 Å². The van der Waals surface area contributed by atoms with Gasteiger partial charge >= 0.3 is 12.1 Å². The number of nitrogens with zero attached hydrogens (tertiary/aromatic N) is 1. The number of hydrogen-bond acceptors (Lipinski definition) is 3.